The maximum atomic E-state index is 12.8. The summed E-state index contributed by atoms with van der Waals surface area (Å²) in [7, 11) is 0. The van der Waals surface area contributed by atoms with E-state index >= 15 is 0 Å². The highest BCUT2D eigenvalue weighted by molar-refractivity contribution is 7.13. The molecule has 2 N–H and O–H groups in total. The van der Waals surface area contributed by atoms with Crippen LogP contribution in [0.1, 0.15) is 12.6 Å². The number of hydrogen-bond acceptors (Lipinski definition) is 4. The van der Waals surface area contributed by atoms with Crippen molar-refractivity contribution in [2.75, 3.05) is 13.1 Å². The molecule has 106 valence electrons. The zero-order valence-corrected chi connectivity index (χ0v) is 12.0. The van der Waals surface area contributed by atoms with Crippen molar-refractivity contribution in [1.29, 1.82) is 0 Å². The number of likely N-dealkylation sites (N-methyl/N-ethyl adjacent to an activating group) is 1. The van der Waals surface area contributed by atoms with Gasteiger partial charge < -0.3 is 10.6 Å². The standard InChI is InChI=1S/C14H16FN3OS/c1-2-17-13(19)8-16-7-12-9-20-14(18-12)10-3-5-11(15)6-4-10/h3-6,9,16H,2,7-8H2,1H3,(H,17,19). The van der Waals surface area contributed by atoms with E-state index < -0.39 is 0 Å². The molecule has 0 saturated carbocycles. The fourth-order valence-electron chi connectivity index (χ4n) is 1.68. The summed E-state index contributed by atoms with van der Waals surface area (Å²) < 4.78 is 12.8. The predicted molar refractivity (Wildman–Crippen MR) is 77.9 cm³/mol. The third-order valence-electron chi connectivity index (χ3n) is 2.61. The topological polar surface area (TPSA) is 54.0 Å². The first-order chi connectivity index (χ1) is 9.69. The Morgan fingerprint density at radius 1 is 1.35 bits per heavy atom. The van der Waals surface area contributed by atoms with E-state index in [4.69, 9.17) is 0 Å². The molecule has 1 aromatic heterocycles. The second-order valence-corrected chi connectivity index (χ2v) is 5.07. The molecule has 0 fully saturated rings. The van der Waals surface area contributed by atoms with Gasteiger partial charge in [-0.1, -0.05) is 0 Å². The summed E-state index contributed by atoms with van der Waals surface area (Å²) in [5.74, 6) is -0.282. The molecule has 0 aliphatic carbocycles. The Bertz CT molecular complexity index is 568. The molecule has 20 heavy (non-hydrogen) atoms. The molecule has 6 heteroatoms. The lowest BCUT2D eigenvalue weighted by atomic mass is 10.2. The van der Waals surface area contributed by atoms with Crippen LogP contribution in [-0.4, -0.2) is 24.0 Å². The molecule has 1 heterocycles. The van der Waals surface area contributed by atoms with Crippen molar-refractivity contribution in [3.63, 3.8) is 0 Å². The predicted octanol–water partition coefficient (Wildman–Crippen LogP) is 2.17. The van der Waals surface area contributed by atoms with E-state index in [1.165, 1.54) is 23.5 Å². The molecule has 0 unspecified atom stereocenters. The van der Waals surface area contributed by atoms with Crippen molar-refractivity contribution >= 4 is 17.2 Å². The monoisotopic (exact) mass is 293 g/mol. The number of carbonyl (C=O) groups is 1. The lowest BCUT2D eigenvalue weighted by Gasteiger charge is -2.02. The van der Waals surface area contributed by atoms with Crippen LogP contribution < -0.4 is 10.6 Å². The van der Waals surface area contributed by atoms with Crippen LogP contribution in [0.3, 0.4) is 0 Å². The molecule has 0 radical (unpaired) electrons. The zero-order valence-electron chi connectivity index (χ0n) is 11.1. The van der Waals surface area contributed by atoms with E-state index in [2.05, 4.69) is 15.6 Å². The Balaban J connectivity index is 1.89. The van der Waals surface area contributed by atoms with Crippen LogP contribution in [0.2, 0.25) is 0 Å². The lowest BCUT2D eigenvalue weighted by molar-refractivity contribution is -0.120. The minimum atomic E-state index is -0.255. The number of nitrogens with one attached hydrogen (secondary N) is 2. The maximum Gasteiger partial charge on any atom is 0.233 e. The van der Waals surface area contributed by atoms with Gasteiger partial charge in [0.1, 0.15) is 10.8 Å². The van der Waals surface area contributed by atoms with Gasteiger partial charge in [0.25, 0.3) is 0 Å². The number of thiazole rings is 1. The van der Waals surface area contributed by atoms with Crippen molar-refractivity contribution in [2.24, 2.45) is 0 Å². The van der Waals surface area contributed by atoms with E-state index in [1.807, 2.05) is 12.3 Å². The summed E-state index contributed by atoms with van der Waals surface area (Å²) in [5.41, 5.74) is 1.77. The fraction of sp³-hybridized carbons (Fsp3) is 0.286. The van der Waals surface area contributed by atoms with Crippen LogP contribution >= 0.6 is 11.3 Å². The molecule has 2 rings (SSSR count). The van der Waals surface area contributed by atoms with Crippen LogP contribution in [0.5, 0.6) is 0 Å². The Labute approximate surface area is 121 Å². The highest BCUT2D eigenvalue weighted by atomic mass is 32.1. The molecule has 0 spiro atoms. The second kappa shape index (κ2) is 7.12. The Morgan fingerprint density at radius 2 is 2.10 bits per heavy atom. The molecule has 1 aromatic carbocycles. The van der Waals surface area contributed by atoms with Gasteiger partial charge in [0.15, 0.2) is 0 Å². The number of nitrogens with zero attached hydrogens (tertiary/aromatic N) is 1. The van der Waals surface area contributed by atoms with Crippen LogP contribution in [0.4, 0.5) is 4.39 Å². The maximum absolute atomic E-state index is 12.8. The molecule has 0 aliphatic heterocycles. The minimum Gasteiger partial charge on any atom is -0.355 e. The van der Waals surface area contributed by atoms with Crippen molar-refractivity contribution in [3.8, 4) is 10.6 Å². The van der Waals surface area contributed by atoms with Gasteiger partial charge in [-0.25, -0.2) is 9.37 Å². The van der Waals surface area contributed by atoms with Gasteiger partial charge >= 0.3 is 0 Å². The van der Waals surface area contributed by atoms with Gasteiger partial charge in [0.2, 0.25) is 5.91 Å². The summed E-state index contributed by atoms with van der Waals surface area (Å²) in [4.78, 5) is 15.7. The summed E-state index contributed by atoms with van der Waals surface area (Å²) >= 11 is 1.50. The van der Waals surface area contributed by atoms with Gasteiger partial charge in [-0.3, -0.25) is 4.79 Å². The number of amides is 1. The Morgan fingerprint density at radius 3 is 2.80 bits per heavy atom. The van der Waals surface area contributed by atoms with Gasteiger partial charge in [0, 0.05) is 24.0 Å². The average molecular weight is 293 g/mol. The molecular weight excluding hydrogens is 277 g/mol. The van der Waals surface area contributed by atoms with Gasteiger partial charge in [-0.05, 0) is 31.2 Å². The van der Waals surface area contributed by atoms with E-state index in [9.17, 15) is 9.18 Å². The Kier molecular flexibility index (Phi) is 5.20. The molecule has 1 amide bonds. The van der Waals surface area contributed by atoms with Crippen LogP contribution in [0.25, 0.3) is 10.6 Å². The van der Waals surface area contributed by atoms with Crippen molar-refractivity contribution < 1.29 is 9.18 Å². The first kappa shape index (κ1) is 14.6. The highest BCUT2D eigenvalue weighted by Gasteiger charge is 2.05. The fourth-order valence-corrected chi connectivity index (χ4v) is 2.50. The third kappa shape index (κ3) is 4.11. The first-order valence-corrected chi connectivity index (χ1v) is 7.24. The second-order valence-electron chi connectivity index (χ2n) is 4.21. The third-order valence-corrected chi connectivity index (χ3v) is 3.55. The van der Waals surface area contributed by atoms with Crippen LogP contribution in [-0.2, 0) is 11.3 Å². The smallest absolute Gasteiger partial charge is 0.233 e. The molecule has 0 saturated heterocycles. The SMILES string of the molecule is CCNC(=O)CNCc1csc(-c2ccc(F)cc2)n1. The van der Waals surface area contributed by atoms with Crippen molar-refractivity contribution in [2.45, 2.75) is 13.5 Å². The van der Waals surface area contributed by atoms with E-state index in [-0.39, 0.29) is 18.3 Å². The van der Waals surface area contributed by atoms with E-state index in [0.29, 0.717) is 13.1 Å². The number of carbonyl (C=O) groups excluding carboxylic acids is 1. The van der Waals surface area contributed by atoms with Gasteiger partial charge in [-0.2, -0.15) is 0 Å². The van der Waals surface area contributed by atoms with E-state index in [1.54, 1.807) is 12.1 Å². The zero-order chi connectivity index (χ0) is 14.4. The average Bonchev–Trinajstić information content (AvgIpc) is 2.89. The molecular formula is C14H16FN3OS. The molecule has 2 aromatic rings. The number of halogens is 1. The van der Waals surface area contributed by atoms with Crippen LogP contribution in [0, 0.1) is 5.82 Å². The summed E-state index contributed by atoms with van der Waals surface area (Å²) in [6.07, 6.45) is 0. The lowest BCUT2D eigenvalue weighted by Crippen LogP contribution is -2.33. The molecule has 4 nitrogen and oxygen atoms in total. The summed E-state index contributed by atoms with van der Waals surface area (Å²) in [6, 6.07) is 6.26. The largest absolute Gasteiger partial charge is 0.355 e. The van der Waals surface area contributed by atoms with Gasteiger partial charge in [0.05, 0.1) is 12.2 Å². The van der Waals surface area contributed by atoms with Crippen LogP contribution in [0.15, 0.2) is 29.6 Å². The van der Waals surface area contributed by atoms with Crippen molar-refractivity contribution in [3.05, 3.63) is 41.2 Å². The highest BCUT2D eigenvalue weighted by Crippen LogP contribution is 2.23. The number of aromatic nitrogens is 1. The van der Waals surface area contributed by atoms with E-state index in [0.717, 1.165) is 16.3 Å². The number of hydrogen-bond donors (Lipinski definition) is 2. The Hall–Kier alpha value is -1.79. The molecule has 0 bridgehead atoms. The summed E-state index contributed by atoms with van der Waals surface area (Å²) in [5, 5.41) is 8.53. The summed E-state index contributed by atoms with van der Waals surface area (Å²) in [6.45, 7) is 3.32. The van der Waals surface area contributed by atoms with Gasteiger partial charge in [-0.15, -0.1) is 11.3 Å². The normalized spacial score (nSPS) is 10.5. The number of benzene rings is 1. The minimum absolute atomic E-state index is 0.0264. The van der Waals surface area contributed by atoms with Crippen molar-refractivity contribution in [1.82, 2.24) is 15.6 Å². The molecule has 0 atom stereocenters. The number of rotatable bonds is 6. The first-order valence-electron chi connectivity index (χ1n) is 6.37. The quantitative estimate of drug-likeness (QED) is 0.858. The molecule has 0 aliphatic rings.